The fourth-order valence-corrected chi connectivity index (χ4v) is 2.77. The van der Waals surface area contributed by atoms with Gasteiger partial charge in [0.1, 0.15) is 0 Å². The average molecular weight is 236 g/mol. The van der Waals surface area contributed by atoms with Crippen LogP contribution in [-0.2, 0) is 4.79 Å². The largest absolute Gasteiger partial charge is 0.341 e. The zero-order valence-corrected chi connectivity index (χ0v) is 10.7. The number of nitrogens with one attached hydrogen (secondary N) is 1. The lowest BCUT2D eigenvalue weighted by Crippen LogP contribution is -2.42. The second kappa shape index (κ2) is 4.97. The summed E-state index contributed by atoms with van der Waals surface area (Å²) in [5, 5.41) is 3.51. The minimum Gasteiger partial charge on any atom is -0.341 e. The second-order valence-electron chi connectivity index (χ2n) is 6.18. The topological polar surface area (TPSA) is 32.3 Å². The van der Waals surface area contributed by atoms with Crippen LogP contribution in [0, 0.1) is 11.8 Å². The fraction of sp³-hybridized carbons (Fsp3) is 0.929. The molecule has 0 spiro atoms. The van der Waals surface area contributed by atoms with Crippen molar-refractivity contribution in [3.63, 3.8) is 0 Å². The van der Waals surface area contributed by atoms with E-state index in [-0.39, 0.29) is 0 Å². The highest BCUT2D eigenvalue weighted by molar-refractivity contribution is 5.76. The molecule has 3 heteroatoms. The maximum atomic E-state index is 12.2. The summed E-state index contributed by atoms with van der Waals surface area (Å²) < 4.78 is 0. The van der Waals surface area contributed by atoms with Crippen LogP contribution in [0.4, 0.5) is 0 Å². The molecule has 1 heterocycles. The maximum Gasteiger partial charge on any atom is 0.222 e. The molecule has 0 bridgehead atoms. The van der Waals surface area contributed by atoms with Crippen molar-refractivity contribution < 1.29 is 4.79 Å². The predicted molar refractivity (Wildman–Crippen MR) is 67.7 cm³/mol. The maximum absolute atomic E-state index is 12.2. The first-order valence-electron chi connectivity index (χ1n) is 7.32. The van der Waals surface area contributed by atoms with Crippen molar-refractivity contribution in [2.75, 3.05) is 19.6 Å². The molecule has 0 radical (unpaired) electrons. The van der Waals surface area contributed by atoms with Gasteiger partial charge in [-0.15, -0.1) is 0 Å². The van der Waals surface area contributed by atoms with Crippen LogP contribution in [0.25, 0.3) is 0 Å². The van der Waals surface area contributed by atoms with Gasteiger partial charge in [-0.25, -0.2) is 0 Å². The third-order valence-electron chi connectivity index (χ3n) is 4.29. The number of nitrogens with zero attached hydrogens (tertiary/aromatic N) is 1. The SMILES string of the molecule is O=C(CC1CC1)N(CC1CC1)CC1CCCN1. The summed E-state index contributed by atoms with van der Waals surface area (Å²) in [6, 6.07) is 0.567. The minimum absolute atomic E-state index is 0.424. The molecule has 1 saturated heterocycles. The van der Waals surface area contributed by atoms with Crippen LogP contribution in [0.15, 0.2) is 0 Å². The van der Waals surface area contributed by atoms with Gasteiger partial charge in [0.25, 0.3) is 0 Å². The van der Waals surface area contributed by atoms with Gasteiger partial charge >= 0.3 is 0 Å². The molecule has 0 aromatic heterocycles. The van der Waals surface area contributed by atoms with Crippen molar-refractivity contribution in [3.05, 3.63) is 0 Å². The molecular weight excluding hydrogens is 212 g/mol. The monoisotopic (exact) mass is 236 g/mol. The van der Waals surface area contributed by atoms with Crippen LogP contribution in [0.1, 0.15) is 44.9 Å². The van der Waals surface area contributed by atoms with Gasteiger partial charge in [-0.05, 0) is 56.9 Å². The fourth-order valence-electron chi connectivity index (χ4n) is 2.77. The van der Waals surface area contributed by atoms with Crippen molar-refractivity contribution in [1.82, 2.24) is 10.2 Å². The Hall–Kier alpha value is -0.570. The Kier molecular flexibility index (Phi) is 3.37. The van der Waals surface area contributed by atoms with Crippen LogP contribution in [-0.4, -0.2) is 36.5 Å². The Bertz CT molecular complexity index is 278. The van der Waals surface area contributed by atoms with Crippen LogP contribution in [0.5, 0.6) is 0 Å². The number of amides is 1. The molecule has 0 aromatic carbocycles. The van der Waals surface area contributed by atoms with Crippen LogP contribution >= 0.6 is 0 Å². The predicted octanol–water partition coefficient (Wildman–Crippen LogP) is 1.78. The molecule has 1 aliphatic heterocycles. The highest BCUT2D eigenvalue weighted by Gasteiger charge is 2.32. The van der Waals surface area contributed by atoms with Gasteiger partial charge in [-0.1, -0.05) is 0 Å². The highest BCUT2D eigenvalue weighted by atomic mass is 16.2. The van der Waals surface area contributed by atoms with Crippen LogP contribution < -0.4 is 5.32 Å². The van der Waals surface area contributed by atoms with Crippen LogP contribution in [0.2, 0.25) is 0 Å². The molecule has 17 heavy (non-hydrogen) atoms. The van der Waals surface area contributed by atoms with Gasteiger partial charge < -0.3 is 10.2 Å². The summed E-state index contributed by atoms with van der Waals surface area (Å²) >= 11 is 0. The summed E-state index contributed by atoms with van der Waals surface area (Å²) in [6.07, 6.45) is 8.59. The van der Waals surface area contributed by atoms with Gasteiger partial charge in [0.15, 0.2) is 0 Å². The lowest BCUT2D eigenvalue weighted by molar-refractivity contribution is -0.132. The van der Waals surface area contributed by atoms with E-state index in [1.54, 1.807) is 0 Å². The van der Waals surface area contributed by atoms with Gasteiger partial charge in [0, 0.05) is 25.6 Å². The van der Waals surface area contributed by atoms with E-state index in [0.717, 1.165) is 37.9 Å². The summed E-state index contributed by atoms with van der Waals surface area (Å²) in [5.74, 6) is 1.97. The Labute approximate surface area is 104 Å². The Balaban J connectivity index is 1.51. The van der Waals surface area contributed by atoms with E-state index in [0.29, 0.717) is 11.9 Å². The third-order valence-corrected chi connectivity index (χ3v) is 4.29. The minimum atomic E-state index is 0.424. The first-order chi connectivity index (χ1) is 8.31. The first kappa shape index (κ1) is 11.5. The molecule has 2 saturated carbocycles. The van der Waals surface area contributed by atoms with E-state index in [1.165, 1.54) is 38.5 Å². The number of hydrogen-bond acceptors (Lipinski definition) is 2. The zero-order valence-electron chi connectivity index (χ0n) is 10.7. The van der Waals surface area contributed by atoms with Crippen molar-refractivity contribution in [1.29, 1.82) is 0 Å². The number of carbonyl (C=O) groups excluding carboxylic acids is 1. The molecule has 1 atom stereocenters. The summed E-state index contributed by atoms with van der Waals surface area (Å²) in [7, 11) is 0. The molecule has 1 N–H and O–H groups in total. The molecule has 3 fully saturated rings. The van der Waals surface area contributed by atoms with Crippen molar-refractivity contribution in [2.24, 2.45) is 11.8 Å². The van der Waals surface area contributed by atoms with Gasteiger partial charge in [0.2, 0.25) is 5.91 Å². The molecule has 2 aliphatic carbocycles. The van der Waals surface area contributed by atoms with E-state index < -0.39 is 0 Å². The number of carbonyl (C=O) groups is 1. The molecule has 3 rings (SSSR count). The summed E-state index contributed by atoms with van der Waals surface area (Å²) in [4.78, 5) is 14.4. The molecule has 1 unspecified atom stereocenters. The van der Waals surface area contributed by atoms with E-state index in [1.807, 2.05) is 0 Å². The number of hydrogen-bond donors (Lipinski definition) is 1. The van der Waals surface area contributed by atoms with Gasteiger partial charge in [0.05, 0.1) is 0 Å². The molecular formula is C14H24N2O. The average Bonchev–Trinajstić information content (AvgIpc) is 3.22. The van der Waals surface area contributed by atoms with E-state index in [2.05, 4.69) is 10.2 Å². The third kappa shape index (κ3) is 3.44. The zero-order chi connectivity index (χ0) is 11.7. The standard InChI is InChI=1S/C14H24N2O/c17-14(8-11-3-4-11)16(9-12-5-6-12)10-13-2-1-7-15-13/h11-13,15H,1-10H2. The van der Waals surface area contributed by atoms with E-state index in [4.69, 9.17) is 0 Å². The van der Waals surface area contributed by atoms with Crippen molar-refractivity contribution in [3.8, 4) is 0 Å². The quantitative estimate of drug-likeness (QED) is 0.762. The lowest BCUT2D eigenvalue weighted by atomic mass is 10.2. The molecule has 0 aromatic rings. The normalized spacial score (nSPS) is 28.4. The second-order valence-corrected chi connectivity index (χ2v) is 6.18. The Morgan fingerprint density at radius 1 is 1.06 bits per heavy atom. The summed E-state index contributed by atoms with van der Waals surface area (Å²) in [6.45, 7) is 3.13. The van der Waals surface area contributed by atoms with Crippen molar-refractivity contribution in [2.45, 2.75) is 51.0 Å². The summed E-state index contributed by atoms with van der Waals surface area (Å²) in [5.41, 5.74) is 0. The molecule has 3 aliphatic rings. The van der Waals surface area contributed by atoms with E-state index >= 15 is 0 Å². The molecule has 1 amide bonds. The Morgan fingerprint density at radius 3 is 2.41 bits per heavy atom. The Morgan fingerprint density at radius 2 is 1.82 bits per heavy atom. The first-order valence-corrected chi connectivity index (χ1v) is 7.32. The smallest absolute Gasteiger partial charge is 0.222 e. The number of rotatable bonds is 6. The van der Waals surface area contributed by atoms with Gasteiger partial charge in [-0.3, -0.25) is 4.79 Å². The molecule has 3 nitrogen and oxygen atoms in total. The van der Waals surface area contributed by atoms with Crippen LogP contribution in [0.3, 0.4) is 0 Å². The molecule has 96 valence electrons. The van der Waals surface area contributed by atoms with E-state index in [9.17, 15) is 4.79 Å². The lowest BCUT2D eigenvalue weighted by Gasteiger charge is -2.26. The van der Waals surface area contributed by atoms with Crippen molar-refractivity contribution >= 4 is 5.91 Å². The highest BCUT2D eigenvalue weighted by Crippen LogP contribution is 2.34. The van der Waals surface area contributed by atoms with Gasteiger partial charge in [-0.2, -0.15) is 0 Å².